The molecule has 5 N–H and O–H groups in total. The normalized spacial score (nSPS) is 18.2. The van der Waals surface area contributed by atoms with Crippen molar-refractivity contribution in [2.24, 2.45) is 11.8 Å². The van der Waals surface area contributed by atoms with Gasteiger partial charge in [0.2, 0.25) is 0 Å². The summed E-state index contributed by atoms with van der Waals surface area (Å²) >= 11 is 0. The van der Waals surface area contributed by atoms with Crippen LogP contribution in [-0.4, -0.2) is 72.1 Å². The van der Waals surface area contributed by atoms with Crippen LogP contribution in [0.3, 0.4) is 0 Å². The lowest BCUT2D eigenvalue weighted by Crippen LogP contribution is -2.25. The van der Waals surface area contributed by atoms with Crippen LogP contribution < -0.4 is 20.9 Å². The number of aliphatic carboxylic acids is 1. The number of aliphatic hydroxyl groups is 2. The number of carbonyl (C=O) groups excluding carboxylic acids is 2. The maximum absolute atomic E-state index is 14.2. The molecule has 0 aliphatic heterocycles. The molecule has 7 rings (SSSR count). The molecule has 0 heterocycles. The molecule has 5 aromatic carbocycles. The number of anilines is 1. The van der Waals surface area contributed by atoms with E-state index in [-0.39, 0.29) is 69.3 Å². The predicted octanol–water partition coefficient (Wildman–Crippen LogP) is 5.11. The zero-order valence-corrected chi connectivity index (χ0v) is 31.8. The largest absolute Gasteiger partial charge is 0.507 e. The van der Waals surface area contributed by atoms with Gasteiger partial charge in [-0.1, -0.05) is 11.6 Å². The molecule has 294 valence electrons. The summed E-state index contributed by atoms with van der Waals surface area (Å²) in [5.74, 6) is -2.82. The Labute approximate surface area is 321 Å². The highest BCUT2D eigenvalue weighted by Crippen LogP contribution is 2.56. The first-order valence-electron chi connectivity index (χ1n) is 18.8. The summed E-state index contributed by atoms with van der Waals surface area (Å²) in [5, 5.41) is 48.6. The van der Waals surface area contributed by atoms with E-state index in [9.17, 15) is 44.4 Å². The van der Waals surface area contributed by atoms with E-state index >= 15 is 0 Å². The lowest BCUT2D eigenvalue weighted by molar-refractivity contribution is -0.151. The molecule has 1 atom stereocenters. The standard InChI is InChI=1S/C43H45NO12/c1-19-13-26-25(10-7-21-5-8-22(9-6-21)43(53)56-12-11-54-3)41(52)35-28(49)15-24(18-46)31-32-23(17-45)14-27(48)34-37(32)38(33(26)36(31)35)39(30(19)20(2)47)42(55-4)40(34)44-16-29(50)51/h13-15,21-22,30,44-46,52H,5-12,16-18H2,1-4H3,(H,50,51). The van der Waals surface area contributed by atoms with E-state index in [0.29, 0.717) is 86.9 Å². The molecule has 1 saturated carbocycles. The van der Waals surface area contributed by atoms with Crippen molar-refractivity contribution in [3.8, 4) is 11.5 Å². The van der Waals surface area contributed by atoms with Gasteiger partial charge in [-0.25, -0.2) is 0 Å². The van der Waals surface area contributed by atoms with E-state index in [1.54, 1.807) is 14.0 Å². The Bertz CT molecular complexity index is 2570. The number of methoxy groups -OCH3 is 2. The number of aliphatic hydroxyl groups excluding tert-OH is 2. The number of Topliss-reactive ketones (excluding diaryl/α,β-unsaturated/α-hetero) is 1. The molecule has 0 radical (unpaired) electrons. The molecular formula is C43H45NO12. The Morgan fingerprint density at radius 3 is 2.04 bits per heavy atom. The average Bonchev–Trinajstić information content (AvgIpc) is 3.30. The van der Waals surface area contributed by atoms with E-state index in [2.05, 4.69) is 5.32 Å². The highest BCUT2D eigenvalue weighted by Gasteiger charge is 2.37. The molecule has 0 aromatic heterocycles. The summed E-state index contributed by atoms with van der Waals surface area (Å²) in [5.41, 5.74) is 1.34. The highest BCUT2D eigenvalue weighted by atomic mass is 16.6. The number of phenolic OH excluding ortho intramolecular Hbond substituents is 1. The molecule has 56 heavy (non-hydrogen) atoms. The maximum atomic E-state index is 14.2. The zero-order chi connectivity index (χ0) is 40.2. The number of phenols is 1. The van der Waals surface area contributed by atoms with E-state index < -0.39 is 42.5 Å². The monoisotopic (exact) mass is 767 g/mol. The van der Waals surface area contributed by atoms with Crippen LogP contribution in [0.1, 0.15) is 79.7 Å². The molecule has 0 bridgehead atoms. The van der Waals surface area contributed by atoms with Crippen molar-refractivity contribution in [3.05, 3.63) is 66.0 Å². The summed E-state index contributed by atoms with van der Waals surface area (Å²) in [6, 6.07) is 2.50. The Morgan fingerprint density at radius 2 is 1.46 bits per heavy atom. The predicted molar refractivity (Wildman–Crippen MR) is 211 cm³/mol. The molecule has 13 heteroatoms. The smallest absolute Gasteiger partial charge is 0.322 e. The minimum Gasteiger partial charge on any atom is -0.507 e. The van der Waals surface area contributed by atoms with Crippen molar-refractivity contribution in [3.63, 3.8) is 0 Å². The number of nitrogens with one attached hydrogen (secondary N) is 1. The summed E-state index contributed by atoms with van der Waals surface area (Å²) in [4.78, 5) is 66.7. The van der Waals surface area contributed by atoms with Crippen LogP contribution in [0.5, 0.6) is 11.5 Å². The number of ketones is 1. The molecule has 5 aromatic rings. The van der Waals surface area contributed by atoms with E-state index in [0.717, 1.165) is 12.8 Å². The zero-order valence-electron chi connectivity index (χ0n) is 31.8. The van der Waals surface area contributed by atoms with Crippen molar-refractivity contribution >= 4 is 72.6 Å². The third kappa shape index (κ3) is 6.18. The first-order valence-corrected chi connectivity index (χ1v) is 18.8. The van der Waals surface area contributed by atoms with Gasteiger partial charge in [0.15, 0.2) is 10.9 Å². The second-order valence-corrected chi connectivity index (χ2v) is 15.0. The quantitative estimate of drug-likeness (QED) is 0.0432. The van der Waals surface area contributed by atoms with Gasteiger partial charge in [0.25, 0.3) is 0 Å². The minimum atomic E-state index is -1.21. The third-order valence-corrected chi connectivity index (χ3v) is 11.9. The first-order chi connectivity index (χ1) is 26.9. The lowest BCUT2D eigenvalue weighted by Gasteiger charge is -2.28. The van der Waals surface area contributed by atoms with Crippen molar-refractivity contribution in [2.75, 3.05) is 39.3 Å². The van der Waals surface area contributed by atoms with Crippen LogP contribution in [0.2, 0.25) is 0 Å². The topological polar surface area (TPSA) is 206 Å². The summed E-state index contributed by atoms with van der Waals surface area (Å²) in [6.45, 7) is 1.96. The van der Waals surface area contributed by atoms with Gasteiger partial charge in [0, 0.05) is 29.0 Å². The molecule has 0 spiro atoms. The lowest BCUT2D eigenvalue weighted by atomic mass is 9.77. The van der Waals surface area contributed by atoms with Crippen LogP contribution in [0.15, 0.2) is 27.3 Å². The Balaban J connectivity index is 1.56. The fraction of sp³-hybridized carbons (Fsp3) is 0.419. The van der Waals surface area contributed by atoms with E-state index in [1.807, 2.05) is 6.08 Å². The second kappa shape index (κ2) is 15.3. The third-order valence-electron chi connectivity index (χ3n) is 11.9. The second-order valence-electron chi connectivity index (χ2n) is 15.0. The van der Waals surface area contributed by atoms with E-state index in [1.165, 1.54) is 26.2 Å². The van der Waals surface area contributed by atoms with Crippen LogP contribution in [-0.2, 0) is 43.5 Å². The molecule has 1 fully saturated rings. The maximum Gasteiger partial charge on any atom is 0.322 e. The van der Waals surface area contributed by atoms with Gasteiger partial charge in [0.05, 0.1) is 55.2 Å². The van der Waals surface area contributed by atoms with Gasteiger partial charge in [-0.15, -0.1) is 0 Å². The summed E-state index contributed by atoms with van der Waals surface area (Å²) < 4.78 is 16.4. The molecule has 0 amide bonds. The number of benzene rings is 5. The number of carboxylic acids is 1. The number of aromatic hydroxyl groups is 1. The van der Waals surface area contributed by atoms with Gasteiger partial charge in [-0.05, 0) is 109 Å². The van der Waals surface area contributed by atoms with Crippen molar-refractivity contribution < 1.29 is 49.0 Å². The van der Waals surface area contributed by atoms with Crippen molar-refractivity contribution in [1.29, 1.82) is 0 Å². The van der Waals surface area contributed by atoms with Gasteiger partial charge in [0.1, 0.15) is 30.4 Å². The fourth-order valence-corrected chi connectivity index (χ4v) is 9.48. The van der Waals surface area contributed by atoms with Gasteiger partial charge in [-0.2, -0.15) is 0 Å². The molecule has 2 aliphatic rings. The number of hydrogen-bond acceptors (Lipinski definition) is 12. The van der Waals surface area contributed by atoms with Crippen LogP contribution in [0.25, 0.3) is 49.2 Å². The molecule has 2 aliphatic carbocycles. The Hall–Kier alpha value is -5.37. The van der Waals surface area contributed by atoms with Crippen LogP contribution in [0, 0.1) is 11.8 Å². The number of carboxylic acid groups (broad SMARTS) is 1. The van der Waals surface area contributed by atoms with Crippen molar-refractivity contribution in [1.82, 2.24) is 0 Å². The summed E-state index contributed by atoms with van der Waals surface area (Å²) in [7, 11) is 2.91. The number of rotatable bonds is 14. The van der Waals surface area contributed by atoms with Gasteiger partial charge >= 0.3 is 11.9 Å². The fourth-order valence-electron chi connectivity index (χ4n) is 9.48. The average molecular weight is 768 g/mol. The van der Waals surface area contributed by atoms with Gasteiger partial charge in [-0.3, -0.25) is 24.0 Å². The molecule has 0 saturated heterocycles. The molecule has 13 nitrogen and oxygen atoms in total. The van der Waals surface area contributed by atoms with Crippen LogP contribution in [0.4, 0.5) is 5.69 Å². The number of carbonyl (C=O) groups is 3. The number of fused-ring (bicyclic) bond motifs is 1. The molecular weight excluding hydrogens is 722 g/mol. The SMILES string of the molecule is COCCOC(=O)C1CCC(CCc2c(O)c3c(=O)cc(CO)c4c5c(CO)cc(=O)c6c(NCC(=O)O)c(OC)c7c(c(c2C=C(C)C7C(C)=O)c34)c65)CC1. The Kier molecular flexibility index (Phi) is 10.6. The van der Waals surface area contributed by atoms with Crippen LogP contribution >= 0.6 is 0 Å². The van der Waals surface area contributed by atoms with Crippen molar-refractivity contribution in [2.45, 2.75) is 71.5 Å². The number of hydrogen-bond donors (Lipinski definition) is 5. The minimum absolute atomic E-state index is 0.00711. The van der Waals surface area contributed by atoms with Gasteiger partial charge < -0.3 is 40.0 Å². The first kappa shape index (κ1) is 38.9. The summed E-state index contributed by atoms with van der Waals surface area (Å²) in [6.07, 6.45) is 5.62. The Morgan fingerprint density at radius 1 is 0.839 bits per heavy atom. The number of ether oxygens (including phenoxy) is 3. The van der Waals surface area contributed by atoms with E-state index in [4.69, 9.17) is 14.2 Å². The number of esters is 1. The molecule has 1 unspecified atom stereocenters. The number of allylic oxidation sites excluding steroid dienone is 1. The highest BCUT2D eigenvalue weighted by molar-refractivity contribution is 6.39.